The van der Waals surface area contributed by atoms with Crippen LogP contribution in [0.1, 0.15) is 33.1 Å². The van der Waals surface area contributed by atoms with Gasteiger partial charge in [0.05, 0.1) is 6.42 Å². The molecule has 3 aliphatic carbocycles. The molecule has 2 bridgehead atoms. The first-order valence-electron chi connectivity index (χ1n) is 4.92. The normalized spacial score (nSPS) is 34.8. The molecular formula is C11H16O2. The summed E-state index contributed by atoms with van der Waals surface area (Å²) in [5.74, 6) is 0.657. The van der Waals surface area contributed by atoms with E-state index >= 15 is 0 Å². The zero-order valence-corrected chi connectivity index (χ0v) is 8.21. The second-order valence-corrected chi connectivity index (χ2v) is 4.89. The average molecular weight is 180 g/mol. The van der Waals surface area contributed by atoms with Crippen molar-refractivity contribution in [1.82, 2.24) is 0 Å². The van der Waals surface area contributed by atoms with Crippen molar-refractivity contribution in [2.45, 2.75) is 33.1 Å². The quantitative estimate of drug-likeness (QED) is 0.663. The molecule has 0 aromatic carbocycles. The van der Waals surface area contributed by atoms with Crippen LogP contribution in [-0.2, 0) is 4.79 Å². The van der Waals surface area contributed by atoms with Crippen molar-refractivity contribution in [2.24, 2.45) is 17.3 Å². The molecule has 0 heterocycles. The van der Waals surface area contributed by atoms with Crippen LogP contribution in [-0.4, -0.2) is 11.1 Å². The van der Waals surface area contributed by atoms with Crippen LogP contribution in [0.4, 0.5) is 0 Å². The highest BCUT2D eigenvalue weighted by atomic mass is 16.4. The van der Waals surface area contributed by atoms with Crippen LogP contribution < -0.4 is 0 Å². The van der Waals surface area contributed by atoms with Crippen LogP contribution in [0, 0.1) is 17.3 Å². The number of allylic oxidation sites excluding steroid dienone is 1. The second-order valence-electron chi connectivity index (χ2n) is 4.89. The van der Waals surface area contributed by atoms with Crippen molar-refractivity contribution < 1.29 is 9.90 Å². The highest BCUT2D eigenvalue weighted by molar-refractivity contribution is 5.70. The summed E-state index contributed by atoms with van der Waals surface area (Å²) < 4.78 is 0. The summed E-state index contributed by atoms with van der Waals surface area (Å²) in [5.41, 5.74) is 1.53. The molecule has 0 spiro atoms. The molecule has 3 rings (SSSR count). The van der Waals surface area contributed by atoms with Gasteiger partial charge in [0.1, 0.15) is 0 Å². The van der Waals surface area contributed by atoms with Crippen molar-refractivity contribution in [3.63, 3.8) is 0 Å². The third kappa shape index (κ3) is 1.19. The summed E-state index contributed by atoms with van der Waals surface area (Å²) in [6.45, 7) is 4.53. The molecule has 2 heteroatoms. The van der Waals surface area contributed by atoms with E-state index in [1.807, 2.05) is 0 Å². The molecule has 13 heavy (non-hydrogen) atoms. The number of hydrogen-bond donors (Lipinski definition) is 1. The lowest BCUT2D eigenvalue weighted by atomic mass is 9.48. The summed E-state index contributed by atoms with van der Waals surface area (Å²) in [4.78, 5) is 10.6. The zero-order valence-electron chi connectivity index (χ0n) is 8.21. The lowest BCUT2D eigenvalue weighted by molar-refractivity contribution is -0.136. The van der Waals surface area contributed by atoms with Gasteiger partial charge in [-0.1, -0.05) is 25.5 Å². The Kier molecular flexibility index (Phi) is 1.76. The van der Waals surface area contributed by atoms with Crippen molar-refractivity contribution in [3.8, 4) is 0 Å². The predicted octanol–water partition coefficient (Wildman–Crippen LogP) is 2.45. The van der Waals surface area contributed by atoms with Crippen LogP contribution in [0.25, 0.3) is 0 Å². The molecule has 2 nitrogen and oxygen atoms in total. The maximum absolute atomic E-state index is 10.6. The van der Waals surface area contributed by atoms with Gasteiger partial charge in [0.2, 0.25) is 0 Å². The molecule has 1 fully saturated rings. The van der Waals surface area contributed by atoms with Crippen LogP contribution >= 0.6 is 0 Å². The molecule has 72 valence electrons. The fourth-order valence-corrected chi connectivity index (χ4v) is 2.85. The van der Waals surface area contributed by atoms with E-state index in [0.717, 1.165) is 12.3 Å². The van der Waals surface area contributed by atoms with Crippen molar-refractivity contribution in [2.75, 3.05) is 0 Å². The number of carboxylic acids is 1. The lowest BCUT2D eigenvalue weighted by Crippen LogP contribution is -2.48. The van der Waals surface area contributed by atoms with Crippen LogP contribution in [0.3, 0.4) is 0 Å². The molecule has 0 radical (unpaired) electrons. The second kappa shape index (κ2) is 2.60. The molecule has 2 atom stereocenters. The monoisotopic (exact) mass is 180 g/mol. The Morgan fingerprint density at radius 2 is 2.38 bits per heavy atom. The Hall–Kier alpha value is -0.790. The molecular weight excluding hydrogens is 164 g/mol. The van der Waals surface area contributed by atoms with Gasteiger partial charge in [-0.15, -0.1) is 0 Å². The minimum atomic E-state index is -0.688. The number of hydrogen-bond acceptors (Lipinski definition) is 1. The maximum Gasteiger partial charge on any atom is 0.307 e. The average Bonchev–Trinajstić information content (AvgIpc) is 2.03. The molecule has 1 saturated carbocycles. The van der Waals surface area contributed by atoms with E-state index in [1.54, 1.807) is 0 Å². The van der Waals surface area contributed by atoms with E-state index in [9.17, 15) is 4.79 Å². The summed E-state index contributed by atoms with van der Waals surface area (Å²) in [6, 6.07) is 0. The van der Waals surface area contributed by atoms with E-state index in [0.29, 0.717) is 11.3 Å². The molecule has 0 aromatic heterocycles. The molecule has 0 aliphatic heterocycles. The van der Waals surface area contributed by atoms with Crippen LogP contribution in [0.2, 0.25) is 0 Å². The first-order valence-corrected chi connectivity index (χ1v) is 4.92. The third-order valence-electron chi connectivity index (χ3n) is 3.94. The van der Waals surface area contributed by atoms with E-state index in [-0.39, 0.29) is 6.42 Å². The lowest BCUT2D eigenvalue weighted by Gasteiger charge is -2.56. The van der Waals surface area contributed by atoms with Gasteiger partial charge in [0.25, 0.3) is 0 Å². The van der Waals surface area contributed by atoms with Gasteiger partial charge < -0.3 is 5.11 Å². The third-order valence-corrected chi connectivity index (χ3v) is 3.94. The Labute approximate surface area is 78.6 Å². The van der Waals surface area contributed by atoms with E-state index < -0.39 is 5.97 Å². The molecule has 0 saturated heterocycles. The Balaban J connectivity index is 2.14. The van der Waals surface area contributed by atoms with Gasteiger partial charge in [0.15, 0.2) is 0 Å². The van der Waals surface area contributed by atoms with Crippen molar-refractivity contribution >= 4 is 5.97 Å². The fraction of sp³-hybridized carbons (Fsp3) is 0.727. The zero-order chi connectivity index (χ0) is 9.64. The summed E-state index contributed by atoms with van der Waals surface area (Å²) in [7, 11) is 0. The van der Waals surface area contributed by atoms with Gasteiger partial charge in [-0.05, 0) is 30.1 Å². The van der Waals surface area contributed by atoms with E-state index in [2.05, 4.69) is 19.9 Å². The minimum Gasteiger partial charge on any atom is -0.481 e. The summed E-state index contributed by atoms with van der Waals surface area (Å²) >= 11 is 0. The first kappa shape index (κ1) is 8.79. The smallest absolute Gasteiger partial charge is 0.307 e. The minimum absolute atomic E-state index is 0.251. The van der Waals surface area contributed by atoms with Gasteiger partial charge in [-0.2, -0.15) is 0 Å². The van der Waals surface area contributed by atoms with Crippen LogP contribution in [0.5, 0.6) is 0 Å². The molecule has 0 amide bonds. The van der Waals surface area contributed by atoms with Crippen molar-refractivity contribution in [3.05, 3.63) is 11.6 Å². The largest absolute Gasteiger partial charge is 0.481 e. The Morgan fingerprint density at radius 3 is 2.85 bits per heavy atom. The van der Waals surface area contributed by atoms with Gasteiger partial charge in [-0.3, -0.25) is 4.79 Å². The summed E-state index contributed by atoms with van der Waals surface area (Å²) in [6.07, 6.45) is 4.71. The molecule has 0 unspecified atom stereocenters. The molecule has 1 N–H and O–H groups in total. The van der Waals surface area contributed by atoms with Gasteiger partial charge in [-0.25, -0.2) is 0 Å². The highest BCUT2D eigenvalue weighted by Crippen LogP contribution is 2.59. The van der Waals surface area contributed by atoms with E-state index in [1.165, 1.54) is 12.0 Å². The summed E-state index contributed by atoms with van der Waals surface area (Å²) in [5, 5.41) is 8.73. The highest BCUT2D eigenvalue weighted by Gasteiger charge is 2.51. The fourth-order valence-electron chi connectivity index (χ4n) is 2.85. The number of rotatable bonds is 2. The van der Waals surface area contributed by atoms with Gasteiger partial charge >= 0.3 is 5.97 Å². The Bertz CT molecular complexity index is 276. The number of carbonyl (C=O) groups is 1. The Morgan fingerprint density at radius 1 is 1.69 bits per heavy atom. The number of carboxylic acid groups (broad SMARTS) is 1. The maximum atomic E-state index is 10.6. The molecule has 3 aliphatic rings. The number of fused-ring (bicyclic) bond motifs is 1. The molecule has 0 aromatic rings. The first-order chi connectivity index (χ1) is 6.01. The number of aliphatic carboxylic acids is 1. The SMILES string of the molecule is CC1(C)[C@@H]2CC=C(CC(=O)O)[C@H]1C2. The van der Waals surface area contributed by atoms with Gasteiger partial charge in [0, 0.05) is 0 Å². The van der Waals surface area contributed by atoms with Crippen molar-refractivity contribution in [1.29, 1.82) is 0 Å². The predicted molar refractivity (Wildman–Crippen MR) is 50.3 cm³/mol. The standard InChI is InChI=1S/C11H16O2/c1-11(2)8-4-3-7(5-10(12)13)9(11)6-8/h3,8-9H,4-6H2,1-2H3,(H,12,13)/t8-,9-/m1/s1. The van der Waals surface area contributed by atoms with E-state index in [4.69, 9.17) is 5.11 Å². The topological polar surface area (TPSA) is 37.3 Å². The van der Waals surface area contributed by atoms with Crippen LogP contribution in [0.15, 0.2) is 11.6 Å².